The molecule has 2 aromatic rings. The number of alkyl halides is 3. The van der Waals surface area contributed by atoms with Crippen LogP contribution in [0.25, 0.3) is 0 Å². The third kappa shape index (κ3) is 7.80. The van der Waals surface area contributed by atoms with E-state index in [-0.39, 0.29) is 24.9 Å². The van der Waals surface area contributed by atoms with Crippen molar-refractivity contribution in [2.45, 2.75) is 25.6 Å². The van der Waals surface area contributed by atoms with Crippen LogP contribution in [0.3, 0.4) is 0 Å². The molecule has 2 aromatic carbocycles. The van der Waals surface area contributed by atoms with Gasteiger partial charge in [-0.05, 0) is 35.7 Å². The van der Waals surface area contributed by atoms with Gasteiger partial charge in [-0.15, -0.1) is 0 Å². The van der Waals surface area contributed by atoms with Crippen molar-refractivity contribution in [1.82, 2.24) is 15.6 Å². The highest BCUT2D eigenvalue weighted by atomic mass is 19.4. The van der Waals surface area contributed by atoms with Gasteiger partial charge in [0.15, 0.2) is 0 Å². The average Bonchev–Trinajstić information content (AvgIpc) is 2.81. The lowest BCUT2D eigenvalue weighted by atomic mass is 10.0. The molecule has 0 spiro atoms. The molecular formula is C23H25F4N6O2+. The molecule has 0 aliphatic heterocycles. The third-order valence-electron chi connectivity index (χ3n) is 4.94. The van der Waals surface area contributed by atoms with Gasteiger partial charge >= 0.3 is 12.1 Å². The molecule has 0 aliphatic rings. The molecule has 2 rings (SSSR count). The Morgan fingerprint density at radius 3 is 2.43 bits per heavy atom. The molecule has 8 nitrogen and oxygen atoms in total. The molecule has 7 N–H and O–H groups in total. The third-order valence-corrected chi connectivity index (χ3v) is 4.94. The molecule has 1 unspecified atom stereocenters. The van der Waals surface area contributed by atoms with E-state index in [1.807, 2.05) is 25.1 Å². The number of amides is 2. The van der Waals surface area contributed by atoms with Crippen molar-refractivity contribution in [3.8, 4) is 6.07 Å². The number of hydrogen-bond donors (Lipinski definition) is 4. The second kappa shape index (κ2) is 12.0. The number of nitrogens with zero attached hydrogens (tertiary/aromatic N) is 2. The fourth-order valence-electron chi connectivity index (χ4n) is 2.95. The number of hydrazine groups is 1. The van der Waals surface area contributed by atoms with Gasteiger partial charge in [-0.25, -0.2) is 10.2 Å². The number of carbonyl (C=O) groups excluding carboxylic acids is 2. The van der Waals surface area contributed by atoms with Crippen molar-refractivity contribution >= 4 is 11.8 Å². The second-order valence-corrected chi connectivity index (χ2v) is 7.47. The number of rotatable bonds is 9. The Balaban J connectivity index is 1.90. The smallest absolute Gasteiger partial charge is 0.350 e. The van der Waals surface area contributed by atoms with E-state index < -0.39 is 41.0 Å². The summed E-state index contributed by atoms with van der Waals surface area (Å²) >= 11 is 0. The first-order valence-electron chi connectivity index (χ1n) is 10.5. The summed E-state index contributed by atoms with van der Waals surface area (Å²) in [5.74, 6) is 2.89. The minimum Gasteiger partial charge on any atom is -0.350 e. The summed E-state index contributed by atoms with van der Waals surface area (Å²) in [6.07, 6.45) is -2.70. The summed E-state index contributed by atoms with van der Waals surface area (Å²) < 4.78 is 51.7. The first-order chi connectivity index (χ1) is 16.5. The van der Waals surface area contributed by atoms with Crippen LogP contribution in [-0.4, -0.2) is 29.9 Å². The van der Waals surface area contributed by atoms with Crippen LogP contribution in [0.15, 0.2) is 54.4 Å². The Bertz CT molecular complexity index is 1130. The highest BCUT2D eigenvalue weighted by Gasteiger charge is 2.31. The van der Waals surface area contributed by atoms with E-state index in [2.05, 4.69) is 16.4 Å². The number of aryl methyl sites for hydroxylation is 1. The lowest BCUT2D eigenvalue weighted by Gasteiger charge is -2.15. The lowest BCUT2D eigenvalue weighted by Crippen LogP contribution is -2.56. The second-order valence-electron chi connectivity index (χ2n) is 7.47. The molecule has 0 aliphatic carbocycles. The zero-order chi connectivity index (χ0) is 26.2. The predicted octanol–water partition coefficient (Wildman–Crippen LogP) is 1.78. The minimum atomic E-state index is -4.73. The normalized spacial score (nSPS) is 12.5. The van der Waals surface area contributed by atoms with Crippen LogP contribution in [0.5, 0.6) is 0 Å². The number of benzene rings is 2. The molecule has 0 aromatic heterocycles. The summed E-state index contributed by atoms with van der Waals surface area (Å²) in [6, 6.07) is 9.91. The van der Waals surface area contributed by atoms with Gasteiger partial charge < -0.3 is 21.4 Å². The summed E-state index contributed by atoms with van der Waals surface area (Å²) in [5.41, 5.74) is 3.48. The molecule has 12 heteroatoms. The minimum absolute atomic E-state index is 0.0273. The number of nitrogens with one attached hydrogen (secondary N) is 2. The molecule has 0 saturated heterocycles. The fourth-order valence-corrected chi connectivity index (χ4v) is 2.95. The zero-order valence-electron chi connectivity index (χ0n) is 18.8. The van der Waals surface area contributed by atoms with E-state index in [0.29, 0.717) is 11.6 Å². The highest BCUT2D eigenvalue weighted by Crippen LogP contribution is 2.30. The van der Waals surface area contributed by atoms with E-state index >= 15 is 0 Å². The Morgan fingerprint density at radius 2 is 1.89 bits per heavy atom. The molecule has 0 fully saturated rings. The predicted molar refractivity (Wildman–Crippen MR) is 118 cm³/mol. The zero-order valence-corrected chi connectivity index (χ0v) is 18.8. The van der Waals surface area contributed by atoms with Crippen LogP contribution in [0.4, 0.5) is 17.6 Å². The fraction of sp³-hybridized carbons (Fsp3) is 0.261. The van der Waals surface area contributed by atoms with Gasteiger partial charge in [0.25, 0.3) is 5.91 Å². The van der Waals surface area contributed by atoms with E-state index in [1.54, 1.807) is 12.1 Å². The van der Waals surface area contributed by atoms with Crippen molar-refractivity contribution in [1.29, 1.82) is 5.26 Å². The van der Waals surface area contributed by atoms with Crippen molar-refractivity contribution in [3.63, 3.8) is 0 Å². The highest BCUT2D eigenvalue weighted by molar-refractivity contribution is 5.94. The molecule has 0 saturated carbocycles. The van der Waals surface area contributed by atoms with Crippen molar-refractivity contribution in [2.75, 3.05) is 13.1 Å². The first kappa shape index (κ1) is 27.3. The molecular weight excluding hydrogens is 468 g/mol. The van der Waals surface area contributed by atoms with Crippen molar-refractivity contribution < 1.29 is 32.9 Å². The number of halogens is 4. The van der Waals surface area contributed by atoms with Crippen molar-refractivity contribution in [2.24, 2.45) is 5.84 Å². The Morgan fingerprint density at radius 1 is 1.23 bits per heavy atom. The monoisotopic (exact) mass is 493 g/mol. The summed E-state index contributed by atoms with van der Waals surface area (Å²) in [7, 11) is 0. The first-order valence-corrected chi connectivity index (χ1v) is 10.5. The van der Waals surface area contributed by atoms with Gasteiger partial charge in [0.2, 0.25) is 5.70 Å². The van der Waals surface area contributed by atoms with Gasteiger partial charge in [-0.1, -0.05) is 31.2 Å². The van der Waals surface area contributed by atoms with E-state index in [0.717, 1.165) is 23.1 Å². The van der Waals surface area contributed by atoms with Gasteiger partial charge in [0.05, 0.1) is 29.9 Å². The maximum atomic E-state index is 13.9. The molecule has 35 heavy (non-hydrogen) atoms. The van der Waals surface area contributed by atoms with Crippen LogP contribution in [0.2, 0.25) is 0 Å². The Kier molecular flexibility index (Phi) is 9.33. The van der Waals surface area contributed by atoms with E-state index in [1.165, 1.54) is 6.20 Å². The summed E-state index contributed by atoms with van der Waals surface area (Å²) in [5, 5.41) is 15.3. The largest absolute Gasteiger partial charge is 0.416 e. The van der Waals surface area contributed by atoms with Gasteiger partial charge in [-0.2, -0.15) is 18.4 Å². The SMILES string of the molecule is CCc1ccc(C(C#N)NC(=O)/C([NH3+])=C/N(N)CCNC(=O)c2ccc(C(F)(F)F)cc2F)cc1. The maximum Gasteiger partial charge on any atom is 0.416 e. The molecule has 0 bridgehead atoms. The summed E-state index contributed by atoms with van der Waals surface area (Å²) in [6.45, 7) is 1.86. The molecule has 0 heterocycles. The number of quaternary nitrogens is 1. The maximum absolute atomic E-state index is 13.9. The lowest BCUT2D eigenvalue weighted by molar-refractivity contribution is -0.300. The average molecular weight is 493 g/mol. The van der Waals surface area contributed by atoms with Crippen molar-refractivity contribution in [3.05, 3.63) is 82.4 Å². The van der Waals surface area contributed by atoms with Gasteiger partial charge in [0.1, 0.15) is 11.9 Å². The van der Waals surface area contributed by atoms with Gasteiger partial charge in [-0.3, -0.25) is 9.59 Å². The van der Waals surface area contributed by atoms with Crippen LogP contribution in [0, 0.1) is 17.1 Å². The Labute approximate surface area is 199 Å². The van der Waals surface area contributed by atoms with E-state index in [4.69, 9.17) is 5.84 Å². The van der Waals surface area contributed by atoms with E-state index in [9.17, 15) is 32.4 Å². The molecule has 2 amide bonds. The quantitative estimate of drug-likeness (QED) is 0.183. The summed E-state index contributed by atoms with van der Waals surface area (Å²) in [4.78, 5) is 24.4. The van der Waals surface area contributed by atoms with Crippen LogP contribution in [0.1, 0.15) is 40.0 Å². The number of carbonyl (C=O) groups is 2. The van der Waals surface area contributed by atoms with Crippen LogP contribution < -0.4 is 22.2 Å². The standard InChI is InChI=1S/C23H24F4N6O2/c1-2-14-3-5-15(6-4-14)20(12-28)32-22(35)19(29)13-33(30)10-9-31-21(34)17-8-7-16(11-18(17)24)23(25,26)27/h3-8,11,13,20H,2,9-10,29-30H2,1H3,(H,31,34)(H,32,35)/p+1/b19-13-. The number of nitrogens with two attached hydrogens (primary N) is 1. The Hall–Kier alpha value is -3.95. The van der Waals surface area contributed by atoms with Gasteiger partial charge in [0, 0.05) is 6.54 Å². The number of nitriles is 1. The molecule has 186 valence electrons. The molecule has 1 atom stereocenters. The number of hydrogen-bond acceptors (Lipinski definition) is 5. The topological polar surface area (TPSA) is 139 Å². The molecule has 0 radical (unpaired) electrons. The van der Waals surface area contributed by atoms with Crippen LogP contribution >= 0.6 is 0 Å². The van der Waals surface area contributed by atoms with Crippen LogP contribution in [-0.2, 0) is 17.4 Å².